The number of sulfonamides is 2. The molecule has 2 aliphatic heterocycles. The Morgan fingerprint density at radius 2 is 1.88 bits per heavy atom. The summed E-state index contributed by atoms with van der Waals surface area (Å²) in [5, 5.41) is 16.1. The van der Waals surface area contributed by atoms with Gasteiger partial charge in [0.25, 0.3) is 0 Å². The summed E-state index contributed by atoms with van der Waals surface area (Å²) in [7, 11) is -8.90. The average Bonchev–Trinajstić information content (AvgIpc) is 3.39. The molecule has 170 valence electrons. The molecule has 2 aromatic rings. The summed E-state index contributed by atoms with van der Waals surface area (Å²) in [6.07, 6.45) is 1.42. The number of nitrogens with two attached hydrogens (primary N) is 3. The fraction of sp³-hybridized carbons (Fsp3) is 0.294. The lowest BCUT2D eigenvalue weighted by Crippen LogP contribution is -2.47. The topological polar surface area (TPSA) is 220 Å². The van der Waals surface area contributed by atoms with E-state index >= 15 is 0 Å². The highest BCUT2D eigenvalue weighted by Gasteiger charge is 2.35. The Hall–Kier alpha value is -2.82. The van der Waals surface area contributed by atoms with Gasteiger partial charge < -0.3 is 16.8 Å². The second kappa shape index (κ2) is 8.27. The summed E-state index contributed by atoms with van der Waals surface area (Å²) >= 11 is 0. The summed E-state index contributed by atoms with van der Waals surface area (Å²) in [4.78, 5) is 6.93. The Morgan fingerprint density at radius 3 is 2.44 bits per heavy atom. The van der Waals surface area contributed by atoms with Crippen LogP contribution < -0.4 is 26.6 Å². The highest BCUT2D eigenvalue weighted by Crippen LogP contribution is 2.35. The molecule has 1 aromatic heterocycles. The zero-order valence-corrected chi connectivity index (χ0v) is 18.3. The number of nitrogens with one attached hydrogen (secondary N) is 2. The van der Waals surface area contributed by atoms with Crippen molar-refractivity contribution in [2.45, 2.75) is 21.9 Å². The summed E-state index contributed by atoms with van der Waals surface area (Å²) in [6, 6.07) is 4.63. The number of amidine groups is 1. The van der Waals surface area contributed by atoms with E-state index in [1.807, 2.05) is 0 Å². The molecule has 0 radical (unpaired) electrons. The van der Waals surface area contributed by atoms with Gasteiger partial charge in [-0.25, -0.2) is 36.7 Å². The van der Waals surface area contributed by atoms with E-state index in [9.17, 15) is 16.8 Å². The number of anilines is 1. The van der Waals surface area contributed by atoms with Gasteiger partial charge in [0.1, 0.15) is 15.6 Å². The van der Waals surface area contributed by atoms with Crippen LogP contribution in [0.3, 0.4) is 0 Å². The van der Waals surface area contributed by atoms with Crippen molar-refractivity contribution in [3.8, 4) is 11.1 Å². The molecule has 1 saturated heterocycles. The fourth-order valence-corrected chi connectivity index (χ4v) is 6.42. The number of aliphatic imine (C=N–C) groups is 1. The van der Waals surface area contributed by atoms with Crippen LogP contribution in [0.1, 0.15) is 5.56 Å². The Balaban J connectivity index is 1.97. The van der Waals surface area contributed by atoms with Crippen LogP contribution in [0.15, 0.2) is 55.5 Å². The Morgan fingerprint density at radius 1 is 1.09 bits per heavy atom. The number of primary sulfonamides is 1. The summed E-state index contributed by atoms with van der Waals surface area (Å²) in [5.74, 6) is 0.196. The molecule has 2 aliphatic rings. The third-order valence-corrected chi connectivity index (χ3v) is 7.69. The average molecular weight is 480 g/mol. The molecule has 13 nitrogen and oxygen atoms in total. The summed E-state index contributed by atoms with van der Waals surface area (Å²) in [6.45, 7) is 0.686. The molecule has 0 bridgehead atoms. The first-order valence-corrected chi connectivity index (χ1v) is 12.4. The van der Waals surface area contributed by atoms with Gasteiger partial charge >= 0.3 is 0 Å². The number of benzene rings is 1. The molecule has 0 spiro atoms. The van der Waals surface area contributed by atoms with E-state index in [1.54, 1.807) is 6.07 Å². The van der Waals surface area contributed by atoms with E-state index in [4.69, 9.17) is 16.6 Å². The summed E-state index contributed by atoms with van der Waals surface area (Å²) in [5.41, 5.74) is 12.3. The van der Waals surface area contributed by atoms with Crippen molar-refractivity contribution in [3.05, 3.63) is 36.0 Å². The van der Waals surface area contributed by atoms with Crippen molar-refractivity contribution in [2.75, 3.05) is 25.5 Å². The molecular weight excluding hydrogens is 458 g/mol. The molecule has 1 fully saturated rings. The molecule has 8 N–H and O–H groups in total. The highest BCUT2D eigenvalue weighted by atomic mass is 32.2. The fourth-order valence-electron chi connectivity index (χ4n) is 3.53. The number of azo groups is 1. The van der Waals surface area contributed by atoms with Crippen molar-refractivity contribution < 1.29 is 16.8 Å². The first-order chi connectivity index (χ1) is 15.1. The van der Waals surface area contributed by atoms with Gasteiger partial charge in [-0.3, -0.25) is 0 Å². The largest absolute Gasteiger partial charge is 0.384 e. The van der Waals surface area contributed by atoms with Crippen molar-refractivity contribution in [3.63, 3.8) is 0 Å². The van der Waals surface area contributed by atoms with Crippen LogP contribution in [-0.4, -0.2) is 59.5 Å². The second-order valence-electron chi connectivity index (χ2n) is 7.25. The van der Waals surface area contributed by atoms with Gasteiger partial charge in [-0.2, -0.15) is 5.11 Å². The predicted octanol–water partition coefficient (Wildman–Crippen LogP) is -1.27. The molecule has 2 atom stereocenters. The molecule has 32 heavy (non-hydrogen) atoms. The maximum absolute atomic E-state index is 13.2. The van der Waals surface area contributed by atoms with Gasteiger partial charge in [-0.15, -0.1) is 5.11 Å². The molecule has 15 heteroatoms. The molecule has 3 heterocycles. The number of nitrogen functional groups attached to an aromatic ring is 1. The monoisotopic (exact) mass is 479 g/mol. The molecule has 0 unspecified atom stereocenters. The second-order valence-corrected chi connectivity index (χ2v) is 10.4. The number of rotatable bonds is 6. The van der Waals surface area contributed by atoms with Crippen molar-refractivity contribution in [1.82, 2.24) is 15.0 Å². The third-order valence-electron chi connectivity index (χ3n) is 5.03. The highest BCUT2D eigenvalue weighted by molar-refractivity contribution is 7.92. The standard InChI is InChI=1S/C17H21N9O4S2/c18-11-6-21-7-12(11)26-32(29,30)13-3-2-10(9-1-4-14(19)22-5-9)15(16(13)31(20,27)28)17-23-8-24-25-17/h1-5,11-12,21,26H,6-8,18H2,(H2,19,22)(H2,20,27,28)/t11-,12+/m1/s1. The zero-order valence-electron chi connectivity index (χ0n) is 16.6. The predicted molar refractivity (Wildman–Crippen MR) is 117 cm³/mol. The van der Waals surface area contributed by atoms with Crippen LogP contribution in [0.25, 0.3) is 11.1 Å². The van der Waals surface area contributed by atoms with Gasteiger partial charge in [0, 0.05) is 30.9 Å². The first-order valence-electron chi connectivity index (χ1n) is 9.40. The lowest BCUT2D eigenvalue weighted by atomic mass is 10.00. The van der Waals surface area contributed by atoms with E-state index in [0.717, 1.165) is 6.07 Å². The number of hydrogen-bond donors (Lipinski definition) is 5. The van der Waals surface area contributed by atoms with E-state index < -0.39 is 41.9 Å². The van der Waals surface area contributed by atoms with E-state index in [0.29, 0.717) is 24.2 Å². The van der Waals surface area contributed by atoms with Gasteiger partial charge in [0.15, 0.2) is 12.5 Å². The van der Waals surface area contributed by atoms with Crippen LogP contribution in [0.4, 0.5) is 5.82 Å². The Kier molecular flexibility index (Phi) is 5.78. The zero-order chi connectivity index (χ0) is 23.1. The summed E-state index contributed by atoms with van der Waals surface area (Å²) < 4.78 is 54.3. The van der Waals surface area contributed by atoms with E-state index in [-0.39, 0.29) is 23.9 Å². The van der Waals surface area contributed by atoms with Crippen LogP contribution in [0.5, 0.6) is 0 Å². The number of nitrogens with zero attached hydrogens (tertiary/aromatic N) is 4. The van der Waals surface area contributed by atoms with E-state index in [2.05, 4.69) is 30.2 Å². The normalized spacial score (nSPS) is 21.1. The molecule has 1 aromatic carbocycles. The quantitative estimate of drug-likeness (QED) is 0.335. The lowest BCUT2D eigenvalue weighted by Gasteiger charge is -2.20. The lowest BCUT2D eigenvalue weighted by molar-refractivity contribution is 0.536. The number of hydrogen-bond acceptors (Lipinski definition) is 11. The van der Waals surface area contributed by atoms with Crippen molar-refractivity contribution >= 4 is 31.7 Å². The van der Waals surface area contributed by atoms with Gasteiger partial charge in [-0.1, -0.05) is 6.07 Å². The number of aromatic nitrogens is 1. The minimum atomic E-state index is -4.56. The maximum atomic E-state index is 13.2. The third kappa shape index (κ3) is 4.25. The molecule has 0 saturated carbocycles. The number of pyridine rings is 1. The molecule has 0 amide bonds. The smallest absolute Gasteiger partial charge is 0.242 e. The van der Waals surface area contributed by atoms with Crippen LogP contribution in [0, 0.1) is 0 Å². The van der Waals surface area contributed by atoms with Crippen LogP contribution in [0.2, 0.25) is 0 Å². The first kappa shape index (κ1) is 22.4. The molecular formula is C17H21N9O4S2. The van der Waals surface area contributed by atoms with Gasteiger partial charge in [0.2, 0.25) is 20.0 Å². The van der Waals surface area contributed by atoms with Gasteiger partial charge in [0.05, 0.1) is 11.6 Å². The van der Waals surface area contributed by atoms with Crippen LogP contribution >= 0.6 is 0 Å². The minimum Gasteiger partial charge on any atom is -0.384 e. The van der Waals surface area contributed by atoms with Crippen molar-refractivity contribution in [1.29, 1.82) is 0 Å². The van der Waals surface area contributed by atoms with Gasteiger partial charge in [-0.05, 0) is 23.8 Å². The maximum Gasteiger partial charge on any atom is 0.242 e. The molecule has 4 rings (SSSR count). The minimum absolute atomic E-state index is 0.0311. The SMILES string of the molecule is Nc1ccc(-c2ccc(S(=O)(=O)N[C@H]3CNC[C@H]3N)c(S(N)(=O)=O)c2C2=NCN=N2)cn1. The Labute approximate surface area is 184 Å². The molecule has 0 aliphatic carbocycles. The Bertz CT molecular complexity index is 1320. The van der Waals surface area contributed by atoms with Crippen LogP contribution in [-0.2, 0) is 20.0 Å². The van der Waals surface area contributed by atoms with Crippen molar-refractivity contribution in [2.24, 2.45) is 26.1 Å². The van der Waals surface area contributed by atoms with E-state index in [1.165, 1.54) is 18.3 Å².